The molecule has 1 fully saturated rings. The van der Waals surface area contributed by atoms with E-state index in [0.717, 1.165) is 6.54 Å². The molecular weight excluding hydrogens is 148 g/mol. The highest BCUT2D eigenvalue weighted by Crippen LogP contribution is 2.28. The largest absolute Gasteiger partial charge is 0.201 e. The standard InChI is InChI=1S/C10H17N2/c1-8(2)9-7-11-12-6-4-3-5-10(9)12/h7-8,10H,3-6H2,1-2H3/q+1. The highest BCUT2D eigenvalue weighted by molar-refractivity contribution is 5.11. The highest BCUT2D eigenvalue weighted by Gasteiger charge is 2.35. The molecule has 0 aromatic carbocycles. The van der Waals surface area contributed by atoms with Gasteiger partial charge in [-0.2, -0.15) is 0 Å². The van der Waals surface area contributed by atoms with Crippen LogP contribution in [-0.4, -0.2) is 17.3 Å². The van der Waals surface area contributed by atoms with Gasteiger partial charge < -0.3 is 0 Å². The number of azo groups is 2. The first-order valence-corrected chi connectivity index (χ1v) is 4.96. The van der Waals surface area contributed by atoms with E-state index in [1.165, 1.54) is 24.8 Å². The Bertz CT molecular complexity index is 238. The Hall–Kier alpha value is -0.660. The molecule has 1 unspecified atom stereocenters. The summed E-state index contributed by atoms with van der Waals surface area (Å²) in [7, 11) is 0. The molecule has 0 aliphatic carbocycles. The fraction of sp³-hybridized carbons (Fsp3) is 0.800. The van der Waals surface area contributed by atoms with Gasteiger partial charge in [0.1, 0.15) is 0 Å². The van der Waals surface area contributed by atoms with Crippen molar-refractivity contribution in [2.24, 2.45) is 11.0 Å². The van der Waals surface area contributed by atoms with Crippen molar-refractivity contribution in [2.75, 3.05) is 6.54 Å². The molecule has 2 heterocycles. The Balaban J connectivity index is 2.14. The van der Waals surface area contributed by atoms with Crippen LogP contribution in [0.1, 0.15) is 33.1 Å². The van der Waals surface area contributed by atoms with Crippen LogP contribution < -0.4 is 0 Å². The summed E-state index contributed by atoms with van der Waals surface area (Å²) in [5, 5.41) is 4.43. The lowest BCUT2D eigenvalue weighted by atomic mass is 9.91. The molecule has 2 aliphatic heterocycles. The Morgan fingerprint density at radius 2 is 2.33 bits per heavy atom. The molecule has 0 N–H and O–H groups in total. The van der Waals surface area contributed by atoms with Gasteiger partial charge >= 0.3 is 0 Å². The quantitative estimate of drug-likeness (QED) is 0.531. The molecule has 66 valence electrons. The van der Waals surface area contributed by atoms with Crippen LogP contribution in [0.3, 0.4) is 0 Å². The first-order chi connectivity index (χ1) is 5.79. The van der Waals surface area contributed by atoms with Crippen LogP contribution >= 0.6 is 0 Å². The molecule has 0 aromatic heterocycles. The molecule has 2 nitrogen and oxygen atoms in total. The van der Waals surface area contributed by atoms with Gasteiger partial charge in [-0.25, -0.2) is 0 Å². The minimum absolute atomic E-state index is 0.652. The van der Waals surface area contributed by atoms with Crippen molar-refractivity contribution < 1.29 is 4.70 Å². The molecule has 2 heteroatoms. The van der Waals surface area contributed by atoms with Gasteiger partial charge in [0.2, 0.25) is 6.04 Å². The van der Waals surface area contributed by atoms with Crippen LogP contribution in [0, 0.1) is 5.92 Å². The molecule has 0 spiro atoms. The van der Waals surface area contributed by atoms with Crippen LogP contribution in [0.4, 0.5) is 0 Å². The van der Waals surface area contributed by atoms with E-state index >= 15 is 0 Å². The Labute approximate surface area is 74.0 Å². The summed E-state index contributed by atoms with van der Waals surface area (Å²) in [4.78, 5) is 0. The van der Waals surface area contributed by atoms with E-state index in [-0.39, 0.29) is 0 Å². The SMILES string of the molecule is CC(C)C1=CN=[N+]2CCCCC12. The van der Waals surface area contributed by atoms with E-state index in [4.69, 9.17) is 0 Å². The maximum Gasteiger partial charge on any atom is 0.201 e. The van der Waals surface area contributed by atoms with Gasteiger partial charge in [0.25, 0.3) is 0 Å². The summed E-state index contributed by atoms with van der Waals surface area (Å²) in [6.45, 7) is 5.69. The third-order valence-corrected chi connectivity index (χ3v) is 2.88. The monoisotopic (exact) mass is 165 g/mol. The first-order valence-electron chi connectivity index (χ1n) is 4.96. The zero-order valence-corrected chi connectivity index (χ0v) is 7.95. The molecule has 1 atom stereocenters. The summed E-state index contributed by atoms with van der Waals surface area (Å²) >= 11 is 0. The van der Waals surface area contributed by atoms with Crippen molar-refractivity contribution in [1.29, 1.82) is 0 Å². The highest BCUT2D eigenvalue weighted by atomic mass is 15.3. The predicted molar refractivity (Wildman–Crippen MR) is 48.1 cm³/mol. The second-order valence-corrected chi connectivity index (χ2v) is 4.07. The minimum atomic E-state index is 0.652. The Kier molecular flexibility index (Phi) is 1.99. The molecule has 12 heavy (non-hydrogen) atoms. The maximum atomic E-state index is 4.43. The predicted octanol–water partition coefficient (Wildman–Crippen LogP) is 2.56. The lowest BCUT2D eigenvalue weighted by molar-refractivity contribution is -0.620. The molecule has 2 rings (SSSR count). The number of fused-ring (bicyclic) bond motifs is 1. The van der Waals surface area contributed by atoms with Gasteiger partial charge in [-0.15, -0.1) is 4.70 Å². The molecule has 2 aliphatic rings. The van der Waals surface area contributed by atoms with E-state index in [9.17, 15) is 0 Å². The second kappa shape index (κ2) is 3.00. The van der Waals surface area contributed by atoms with Crippen molar-refractivity contribution in [3.8, 4) is 0 Å². The smallest absolute Gasteiger partial charge is 0.116 e. The fourth-order valence-corrected chi connectivity index (χ4v) is 2.15. The van der Waals surface area contributed by atoms with Crippen LogP contribution in [-0.2, 0) is 0 Å². The lowest BCUT2D eigenvalue weighted by Crippen LogP contribution is -2.30. The van der Waals surface area contributed by atoms with Crippen molar-refractivity contribution in [3.05, 3.63) is 11.8 Å². The van der Waals surface area contributed by atoms with Gasteiger partial charge in [0.05, 0.1) is 6.20 Å². The molecule has 1 saturated heterocycles. The van der Waals surface area contributed by atoms with E-state index in [0.29, 0.717) is 12.0 Å². The summed E-state index contributed by atoms with van der Waals surface area (Å²) in [6.07, 6.45) is 6.09. The van der Waals surface area contributed by atoms with E-state index in [1.54, 1.807) is 0 Å². The molecule has 0 aromatic rings. The van der Waals surface area contributed by atoms with E-state index in [1.807, 2.05) is 0 Å². The molecule has 0 radical (unpaired) electrons. The van der Waals surface area contributed by atoms with Crippen LogP contribution in [0.2, 0.25) is 0 Å². The number of hydrogen-bond donors (Lipinski definition) is 0. The average molecular weight is 165 g/mol. The first kappa shape index (κ1) is 7.96. The van der Waals surface area contributed by atoms with Crippen molar-refractivity contribution >= 4 is 0 Å². The fourth-order valence-electron chi connectivity index (χ4n) is 2.15. The topological polar surface area (TPSA) is 15.4 Å². The maximum absolute atomic E-state index is 4.43. The normalized spacial score (nSPS) is 28.4. The van der Waals surface area contributed by atoms with E-state index in [2.05, 4.69) is 29.9 Å². The summed E-state index contributed by atoms with van der Waals surface area (Å²) in [5.74, 6) is 0.668. The zero-order chi connectivity index (χ0) is 8.55. The number of hydrogen-bond acceptors (Lipinski definition) is 1. The van der Waals surface area contributed by atoms with Gasteiger partial charge in [-0.05, 0) is 17.5 Å². The third kappa shape index (κ3) is 1.19. The summed E-state index contributed by atoms with van der Waals surface area (Å²) < 4.78 is 2.26. The number of rotatable bonds is 1. The van der Waals surface area contributed by atoms with Crippen molar-refractivity contribution in [1.82, 2.24) is 0 Å². The molecular formula is C10H17N2+. The Morgan fingerprint density at radius 1 is 1.50 bits per heavy atom. The summed E-state index contributed by atoms with van der Waals surface area (Å²) in [5.41, 5.74) is 1.54. The molecule has 0 saturated carbocycles. The van der Waals surface area contributed by atoms with Crippen LogP contribution in [0.25, 0.3) is 0 Å². The number of nitrogens with zero attached hydrogens (tertiary/aromatic N) is 2. The van der Waals surface area contributed by atoms with E-state index < -0.39 is 0 Å². The second-order valence-electron chi connectivity index (χ2n) is 4.07. The average Bonchev–Trinajstić information content (AvgIpc) is 2.47. The van der Waals surface area contributed by atoms with Crippen molar-refractivity contribution in [3.63, 3.8) is 0 Å². The van der Waals surface area contributed by atoms with Gasteiger partial charge in [-0.3, -0.25) is 0 Å². The minimum Gasteiger partial charge on any atom is -0.116 e. The zero-order valence-electron chi connectivity index (χ0n) is 7.95. The van der Waals surface area contributed by atoms with Crippen LogP contribution in [0.5, 0.6) is 0 Å². The third-order valence-electron chi connectivity index (χ3n) is 2.88. The summed E-state index contributed by atoms with van der Waals surface area (Å²) in [6, 6.07) is 0.652. The van der Waals surface area contributed by atoms with Gasteiger partial charge in [-0.1, -0.05) is 13.8 Å². The number of piperidine rings is 1. The lowest BCUT2D eigenvalue weighted by Gasteiger charge is -2.17. The van der Waals surface area contributed by atoms with Gasteiger partial charge in [0, 0.05) is 18.4 Å². The van der Waals surface area contributed by atoms with Gasteiger partial charge in [0.15, 0.2) is 6.54 Å². The van der Waals surface area contributed by atoms with Crippen LogP contribution in [0.15, 0.2) is 16.9 Å². The van der Waals surface area contributed by atoms with Crippen molar-refractivity contribution in [2.45, 2.75) is 39.2 Å². The molecule has 0 amide bonds. The molecule has 0 bridgehead atoms. The Morgan fingerprint density at radius 3 is 3.08 bits per heavy atom.